The van der Waals surface area contributed by atoms with Crippen LogP contribution in [0, 0.1) is 20.8 Å². The van der Waals surface area contributed by atoms with Gasteiger partial charge in [0.1, 0.15) is 17.2 Å². The van der Waals surface area contributed by atoms with E-state index in [4.69, 9.17) is 25.1 Å². The van der Waals surface area contributed by atoms with E-state index in [1.807, 2.05) is 20.8 Å². The summed E-state index contributed by atoms with van der Waals surface area (Å²) in [5.74, 6) is 0.222. The largest absolute Gasteiger partial charge is 0.417 e. The van der Waals surface area contributed by atoms with Gasteiger partial charge in [-0.05, 0) is 69.3 Å². The molecule has 0 aromatic heterocycles. The zero-order valence-electron chi connectivity index (χ0n) is 21.1. The fourth-order valence-electron chi connectivity index (χ4n) is 2.99. The molecule has 4 aromatic carbocycles. The first kappa shape index (κ1) is 28.1. The van der Waals surface area contributed by atoms with Crippen LogP contribution in [0.1, 0.15) is 16.7 Å². The van der Waals surface area contributed by atoms with E-state index < -0.39 is 34.1 Å². The highest BCUT2D eigenvalue weighted by molar-refractivity contribution is 7.76. The molecule has 0 aliphatic rings. The Morgan fingerprint density at radius 1 is 0.410 bits per heavy atom. The van der Waals surface area contributed by atoms with Gasteiger partial charge in [0.2, 0.25) is 5.75 Å². The summed E-state index contributed by atoms with van der Waals surface area (Å²) in [5.41, 5.74) is 2.97. The van der Waals surface area contributed by atoms with Crippen molar-refractivity contribution in [2.24, 2.45) is 0 Å². The predicted molar refractivity (Wildman–Crippen MR) is 148 cm³/mol. The Kier molecular flexibility index (Phi) is 9.58. The van der Waals surface area contributed by atoms with Crippen LogP contribution < -0.4 is 25.1 Å². The zero-order valence-corrected chi connectivity index (χ0v) is 23.5. The minimum Gasteiger partial charge on any atom is -0.371 e. The minimum atomic E-state index is -2.40. The van der Waals surface area contributed by atoms with E-state index in [0.29, 0.717) is 11.5 Å². The van der Waals surface area contributed by atoms with E-state index >= 15 is 0 Å². The second kappa shape index (κ2) is 13.3. The van der Waals surface area contributed by atoms with Crippen LogP contribution in [0.3, 0.4) is 0 Å². The summed E-state index contributed by atoms with van der Waals surface area (Å²) in [7, 11) is 0. The van der Waals surface area contributed by atoms with E-state index in [-0.39, 0.29) is 23.0 Å². The molecule has 0 aliphatic heterocycles. The van der Waals surface area contributed by atoms with Crippen molar-refractivity contribution < 1.29 is 37.7 Å². The molecule has 4 aromatic rings. The molecule has 4 rings (SSSR count). The lowest BCUT2D eigenvalue weighted by Gasteiger charge is -2.14. The minimum absolute atomic E-state index is 0.175. The van der Waals surface area contributed by atoms with Crippen LogP contribution in [0.2, 0.25) is 0 Å². The van der Waals surface area contributed by atoms with Gasteiger partial charge in [-0.15, -0.1) is 0 Å². The Hall–Kier alpha value is -3.87. The second-order valence-corrected chi connectivity index (χ2v) is 10.4. The lowest BCUT2D eigenvalue weighted by Crippen LogP contribution is -2.14. The van der Waals surface area contributed by atoms with Crippen LogP contribution in [0.25, 0.3) is 0 Å². The van der Waals surface area contributed by atoms with Gasteiger partial charge in [-0.25, -0.2) is 0 Å². The monoisotopic (exact) mass is 588 g/mol. The fourth-order valence-corrected chi connectivity index (χ4v) is 4.75. The molecule has 0 N–H and O–H groups in total. The van der Waals surface area contributed by atoms with Gasteiger partial charge >= 0.3 is 34.1 Å². The summed E-state index contributed by atoms with van der Waals surface area (Å²) in [6.45, 7) is 5.70. The maximum Gasteiger partial charge on any atom is 0.417 e. The molecule has 0 fully saturated rings. The van der Waals surface area contributed by atoms with Crippen LogP contribution in [0.5, 0.6) is 34.5 Å². The summed E-state index contributed by atoms with van der Waals surface area (Å²) in [6.07, 6.45) is 0. The first-order chi connectivity index (χ1) is 18.7. The van der Waals surface area contributed by atoms with Crippen molar-refractivity contribution in [1.29, 1.82) is 0 Å². The van der Waals surface area contributed by atoms with Crippen molar-refractivity contribution in [3.63, 3.8) is 0 Å². The first-order valence-electron chi connectivity index (χ1n) is 11.4. The smallest absolute Gasteiger partial charge is 0.371 e. The van der Waals surface area contributed by atoms with Crippen LogP contribution in [0.15, 0.2) is 91.0 Å². The van der Waals surface area contributed by atoms with Crippen molar-refractivity contribution in [3.05, 3.63) is 108 Å². The summed E-state index contributed by atoms with van der Waals surface area (Å²) in [5, 5.41) is 0. The highest BCUT2D eigenvalue weighted by atomic mass is 32.2. The standard InChI is InChI=1S/C27H24O9S3/c1-19-7-13-22(14-8-19)31-37(28)34-25-5-4-6-26(35-38(29)32-23-15-9-20(2)10-16-23)27(25)36-39(30)33-24-17-11-21(3)12-18-24/h4-18H,1-3H3. The summed E-state index contributed by atoms with van der Waals surface area (Å²) in [4.78, 5) is 0. The van der Waals surface area contributed by atoms with Crippen LogP contribution in [-0.4, -0.2) is 12.6 Å². The Bertz CT molecular complexity index is 1390. The van der Waals surface area contributed by atoms with Gasteiger partial charge in [0.05, 0.1) is 0 Å². The molecule has 0 saturated carbocycles. The van der Waals surface area contributed by atoms with E-state index in [2.05, 4.69) is 0 Å². The number of hydrogen-bond donors (Lipinski definition) is 0. The molecule has 9 nitrogen and oxygen atoms in total. The van der Waals surface area contributed by atoms with E-state index in [9.17, 15) is 12.6 Å². The zero-order chi connectivity index (χ0) is 27.8. The third kappa shape index (κ3) is 8.57. The van der Waals surface area contributed by atoms with Crippen LogP contribution >= 0.6 is 0 Å². The maximum absolute atomic E-state index is 12.7. The fraction of sp³-hybridized carbons (Fsp3) is 0.111. The van der Waals surface area contributed by atoms with Crippen molar-refractivity contribution >= 4 is 34.1 Å². The van der Waals surface area contributed by atoms with E-state index in [1.54, 1.807) is 72.8 Å². The molecular weight excluding hydrogens is 564 g/mol. The van der Waals surface area contributed by atoms with Gasteiger partial charge < -0.3 is 25.1 Å². The van der Waals surface area contributed by atoms with Crippen molar-refractivity contribution in [2.45, 2.75) is 20.8 Å². The molecule has 0 spiro atoms. The first-order valence-corrected chi connectivity index (χ1v) is 14.4. The predicted octanol–water partition coefficient (Wildman–Crippen LogP) is 5.72. The quantitative estimate of drug-likeness (QED) is 0.205. The molecule has 12 heteroatoms. The number of rotatable bonds is 12. The summed E-state index contributed by atoms with van der Waals surface area (Å²) < 4.78 is 70.2. The summed E-state index contributed by atoms with van der Waals surface area (Å²) >= 11 is -7.06. The number of benzene rings is 4. The Labute approximate surface area is 234 Å². The third-order valence-corrected chi connectivity index (χ3v) is 6.89. The van der Waals surface area contributed by atoms with Gasteiger partial charge in [0, 0.05) is 0 Å². The van der Waals surface area contributed by atoms with Crippen molar-refractivity contribution in [2.75, 3.05) is 0 Å². The molecule has 204 valence electrons. The summed E-state index contributed by atoms with van der Waals surface area (Å²) in [6, 6.07) is 24.6. The lowest BCUT2D eigenvalue weighted by atomic mass is 10.2. The number of hydrogen-bond acceptors (Lipinski definition) is 9. The van der Waals surface area contributed by atoms with Gasteiger partial charge in [-0.1, -0.05) is 59.2 Å². The third-order valence-electron chi connectivity index (χ3n) is 4.97. The normalized spacial score (nSPS) is 13.0. The Balaban J connectivity index is 1.55. The molecular formula is C27H24O9S3. The maximum atomic E-state index is 12.7. The van der Waals surface area contributed by atoms with Crippen LogP contribution in [0.4, 0.5) is 0 Å². The average Bonchev–Trinajstić information content (AvgIpc) is 2.90. The molecule has 0 radical (unpaired) electrons. The van der Waals surface area contributed by atoms with Crippen LogP contribution in [-0.2, 0) is 34.1 Å². The van der Waals surface area contributed by atoms with Crippen molar-refractivity contribution in [3.8, 4) is 34.5 Å². The van der Waals surface area contributed by atoms with Gasteiger partial charge in [0.15, 0.2) is 11.5 Å². The SMILES string of the molecule is Cc1ccc(OS(=O)Oc2cccc(OS(=O)Oc3ccc(C)cc3)c2OS(=O)Oc2ccc(C)cc2)cc1. The van der Waals surface area contributed by atoms with Gasteiger partial charge in [-0.2, -0.15) is 12.6 Å². The molecule has 0 bridgehead atoms. The molecule has 0 heterocycles. The molecule has 0 saturated heterocycles. The Morgan fingerprint density at radius 2 is 0.718 bits per heavy atom. The molecule has 0 aliphatic carbocycles. The van der Waals surface area contributed by atoms with Crippen molar-refractivity contribution in [1.82, 2.24) is 0 Å². The average molecular weight is 589 g/mol. The van der Waals surface area contributed by atoms with E-state index in [1.165, 1.54) is 18.2 Å². The van der Waals surface area contributed by atoms with Gasteiger partial charge in [0.25, 0.3) is 0 Å². The van der Waals surface area contributed by atoms with Gasteiger partial charge in [-0.3, -0.25) is 0 Å². The topological polar surface area (TPSA) is 107 Å². The molecule has 3 atom stereocenters. The second-order valence-electron chi connectivity index (χ2n) is 8.13. The lowest BCUT2D eigenvalue weighted by molar-refractivity contribution is 0.411. The highest BCUT2D eigenvalue weighted by Crippen LogP contribution is 2.39. The van der Waals surface area contributed by atoms with E-state index in [0.717, 1.165) is 16.7 Å². The molecule has 3 unspecified atom stereocenters. The Morgan fingerprint density at radius 3 is 1.05 bits per heavy atom. The molecule has 39 heavy (non-hydrogen) atoms. The number of para-hydroxylation sites is 1. The number of aryl methyl sites for hydroxylation is 3. The highest BCUT2D eigenvalue weighted by Gasteiger charge is 2.23. The molecule has 0 amide bonds.